The number of unbranched alkanes of at least 4 members (excludes halogenated alkanes) is 1. The summed E-state index contributed by atoms with van der Waals surface area (Å²) in [6.07, 6.45) is -2.69. The minimum Gasteiger partial charge on any atom is -0.345 e. The van der Waals surface area contributed by atoms with E-state index in [2.05, 4.69) is 15.5 Å². The second-order valence-electron chi connectivity index (χ2n) is 6.76. The van der Waals surface area contributed by atoms with Crippen LogP contribution in [-0.4, -0.2) is 26.4 Å². The SMILES string of the molecule is CCCCSc1nnc(CNC(=O)c2c(F)cccc2Cl)n1-c1cccc(C(F)(F)F)c1. The number of carbonyl (C=O) groups excluding carboxylic acids is 1. The molecule has 1 N–H and O–H groups in total. The molecule has 0 aliphatic heterocycles. The van der Waals surface area contributed by atoms with Crippen LogP contribution in [0.2, 0.25) is 5.02 Å². The molecule has 170 valence electrons. The molecule has 32 heavy (non-hydrogen) atoms. The maximum atomic E-state index is 14.0. The van der Waals surface area contributed by atoms with Gasteiger partial charge in [-0.25, -0.2) is 4.39 Å². The fourth-order valence-electron chi connectivity index (χ4n) is 2.86. The van der Waals surface area contributed by atoms with Crippen LogP contribution in [0, 0.1) is 5.82 Å². The molecule has 0 radical (unpaired) electrons. The second kappa shape index (κ2) is 10.4. The Morgan fingerprint density at radius 1 is 1.19 bits per heavy atom. The second-order valence-corrected chi connectivity index (χ2v) is 8.23. The van der Waals surface area contributed by atoms with Gasteiger partial charge in [0.05, 0.1) is 28.4 Å². The van der Waals surface area contributed by atoms with Gasteiger partial charge in [0.15, 0.2) is 11.0 Å². The number of alkyl halides is 3. The molecule has 1 aromatic heterocycles. The smallest absolute Gasteiger partial charge is 0.345 e. The zero-order valence-electron chi connectivity index (χ0n) is 16.9. The Balaban J connectivity index is 1.92. The molecule has 5 nitrogen and oxygen atoms in total. The summed E-state index contributed by atoms with van der Waals surface area (Å²) in [7, 11) is 0. The predicted octanol–water partition coefficient (Wildman–Crippen LogP) is 5.90. The summed E-state index contributed by atoms with van der Waals surface area (Å²) in [6, 6.07) is 8.62. The zero-order chi connectivity index (χ0) is 23.3. The molecule has 0 aliphatic rings. The molecule has 0 atom stereocenters. The first kappa shape index (κ1) is 24.1. The topological polar surface area (TPSA) is 59.8 Å². The lowest BCUT2D eigenvalue weighted by Gasteiger charge is -2.14. The van der Waals surface area contributed by atoms with Gasteiger partial charge in [-0.2, -0.15) is 13.2 Å². The maximum absolute atomic E-state index is 14.0. The molecular weight excluding hydrogens is 468 g/mol. The minimum absolute atomic E-state index is 0.0577. The number of amides is 1. The quantitative estimate of drug-likeness (QED) is 0.244. The maximum Gasteiger partial charge on any atom is 0.416 e. The molecule has 1 heterocycles. The average Bonchev–Trinajstić information content (AvgIpc) is 3.14. The number of benzene rings is 2. The third kappa shape index (κ3) is 5.60. The van der Waals surface area contributed by atoms with Crippen molar-refractivity contribution in [2.75, 3.05) is 5.75 Å². The van der Waals surface area contributed by atoms with Crippen LogP contribution >= 0.6 is 23.4 Å². The number of rotatable bonds is 8. The zero-order valence-corrected chi connectivity index (χ0v) is 18.5. The Kier molecular flexibility index (Phi) is 7.78. The van der Waals surface area contributed by atoms with Crippen LogP contribution in [0.15, 0.2) is 47.6 Å². The van der Waals surface area contributed by atoms with E-state index in [0.717, 1.165) is 31.0 Å². The molecule has 0 saturated carbocycles. The van der Waals surface area contributed by atoms with Crippen molar-refractivity contribution in [3.63, 3.8) is 0 Å². The van der Waals surface area contributed by atoms with Gasteiger partial charge < -0.3 is 5.32 Å². The molecule has 1 amide bonds. The normalized spacial score (nSPS) is 11.6. The van der Waals surface area contributed by atoms with Crippen molar-refractivity contribution >= 4 is 29.3 Å². The summed E-state index contributed by atoms with van der Waals surface area (Å²) in [5.74, 6) is -0.661. The highest BCUT2D eigenvalue weighted by Gasteiger charge is 2.31. The highest BCUT2D eigenvalue weighted by atomic mass is 35.5. The van der Waals surface area contributed by atoms with Crippen molar-refractivity contribution in [3.05, 3.63) is 70.3 Å². The summed E-state index contributed by atoms with van der Waals surface area (Å²) < 4.78 is 55.1. The molecule has 3 aromatic rings. The van der Waals surface area contributed by atoms with E-state index in [9.17, 15) is 22.4 Å². The monoisotopic (exact) mass is 486 g/mol. The van der Waals surface area contributed by atoms with Crippen molar-refractivity contribution in [3.8, 4) is 5.69 Å². The Hall–Kier alpha value is -2.59. The van der Waals surface area contributed by atoms with Crippen LogP contribution in [0.25, 0.3) is 5.69 Å². The van der Waals surface area contributed by atoms with Gasteiger partial charge in [-0.1, -0.05) is 48.8 Å². The van der Waals surface area contributed by atoms with Crippen molar-refractivity contribution in [1.82, 2.24) is 20.1 Å². The molecule has 0 unspecified atom stereocenters. The van der Waals surface area contributed by atoms with Crippen LogP contribution in [0.3, 0.4) is 0 Å². The largest absolute Gasteiger partial charge is 0.416 e. The van der Waals surface area contributed by atoms with E-state index in [1.165, 1.54) is 40.6 Å². The lowest BCUT2D eigenvalue weighted by molar-refractivity contribution is -0.137. The summed E-state index contributed by atoms with van der Waals surface area (Å²) in [4.78, 5) is 12.5. The van der Waals surface area contributed by atoms with E-state index < -0.39 is 23.5 Å². The van der Waals surface area contributed by atoms with Gasteiger partial charge in [0.1, 0.15) is 5.82 Å². The van der Waals surface area contributed by atoms with Gasteiger partial charge in [0.2, 0.25) is 0 Å². The van der Waals surface area contributed by atoms with Gasteiger partial charge in [0.25, 0.3) is 5.91 Å². The summed E-state index contributed by atoms with van der Waals surface area (Å²) in [5.41, 5.74) is -0.935. The number of nitrogens with one attached hydrogen (secondary N) is 1. The number of hydrogen-bond donors (Lipinski definition) is 1. The van der Waals surface area contributed by atoms with E-state index in [-0.39, 0.29) is 28.6 Å². The third-order valence-corrected chi connectivity index (χ3v) is 5.79. The number of thioether (sulfide) groups is 1. The van der Waals surface area contributed by atoms with Crippen molar-refractivity contribution in [2.24, 2.45) is 0 Å². The van der Waals surface area contributed by atoms with Crippen LogP contribution in [0.4, 0.5) is 17.6 Å². The number of nitrogens with zero attached hydrogens (tertiary/aromatic N) is 3. The average molecular weight is 487 g/mol. The number of carbonyl (C=O) groups is 1. The lowest BCUT2D eigenvalue weighted by Crippen LogP contribution is -2.26. The minimum atomic E-state index is -4.52. The van der Waals surface area contributed by atoms with E-state index in [4.69, 9.17) is 11.6 Å². The first-order valence-corrected chi connectivity index (χ1v) is 11.1. The Bertz CT molecular complexity index is 1080. The van der Waals surface area contributed by atoms with Crippen LogP contribution in [0.5, 0.6) is 0 Å². The highest BCUT2D eigenvalue weighted by molar-refractivity contribution is 7.99. The Morgan fingerprint density at radius 3 is 2.62 bits per heavy atom. The molecular formula is C21H19ClF4N4OS. The molecule has 0 spiro atoms. The van der Waals surface area contributed by atoms with Gasteiger partial charge in [-0.3, -0.25) is 9.36 Å². The molecule has 0 aliphatic carbocycles. The fraction of sp³-hybridized carbons (Fsp3) is 0.286. The standard InChI is InChI=1S/C21H19ClF4N4OS/c1-2-3-10-32-20-29-28-17(12-27-19(31)18-15(22)8-5-9-16(18)23)30(20)14-7-4-6-13(11-14)21(24,25)26/h4-9,11H,2-3,10,12H2,1H3,(H,27,31). The molecule has 0 saturated heterocycles. The molecule has 3 rings (SSSR count). The van der Waals surface area contributed by atoms with Gasteiger partial charge in [-0.15, -0.1) is 10.2 Å². The van der Waals surface area contributed by atoms with E-state index in [1.807, 2.05) is 6.92 Å². The first-order chi connectivity index (χ1) is 15.2. The number of hydrogen-bond acceptors (Lipinski definition) is 4. The molecule has 2 aromatic carbocycles. The predicted molar refractivity (Wildman–Crippen MR) is 115 cm³/mol. The number of halogens is 5. The van der Waals surface area contributed by atoms with Crippen molar-refractivity contribution in [1.29, 1.82) is 0 Å². The Labute approximate surface area is 191 Å². The van der Waals surface area contributed by atoms with E-state index >= 15 is 0 Å². The first-order valence-electron chi connectivity index (χ1n) is 9.69. The summed E-state index contributed by atoms with van der Waals surface area (Å²) >= 11 is 7.28. The van der Waals surface area contributed by atoms with E-state index in [1.54, 1.807) is 0 Å². The fourth-order valence-corrected chi connectivity index (χ4v) is 4.16. The van der Waals surface area contributed by atoms with Crippen molar-refractivity contribution in [2.45, 2.75) is 37.6 Å². The summed E-state index contributed by atoms with van der Waals surface area (Å²) in [6.45, 7) is 1.83. The van der Waals surface area contributed by atoms with Crippen LogP contribution < -0.4 is 5.32 Å². The van der Waals surface area contributed by atoms with Crippen LogP contribution in [-0.2, 0) is 12.7 Å². The van der Waals surface area contributed by atoms with Crippen LogP contribution in [0.1, 0.15) is 41.5 Å². The van der Waals surface area contributed by atoms with Crippen molar-refractivity contribution < 1.29 is 22.4 Å². The lowest BCUT2D eigenvalue weighted by atomic mass is 10.2. The third-order valence-electron chi connectivity index (χ3n) is 4.46. The summed E-state index contributed by atoms with van der Waals surface area (Å²) in [5, 5.41) is 11.0. The van der Waals surface area contributed by atoms with Gasteiger partial charge in [-0.05, 0) is 36.8 Å². The highest BCUT2D eigenvalue weighted by Crippen LogP contribution is 2.32. The molecule has 0 bridgehead atoms. The van der Waals surface area contributed by atoms with Gasteiger partial charge in [0, 0.05) is 5.75 Å². The van der Waals surface area contributed by atoms with E-state index in [0.29, 0.717) is 10.9 Å². The molecule has 0 fully saturated rings. The van der Waals surface area contributed by atoms with Gasteiger partial charge >= 0.3 is 6.18 Å². The molecule has 11 heteroatoms. The number of aromatic nitrogens is 3. The Morgan fingerprint density at radius 2 is 1.94 bits per heavy atom.